The molecule has 1 amide bonds. The van der Waals surface area contributed by atoms with Crippen molar-refractivity contribution in [3.05, 3.63) is 47.5 Å². The minimum Gasteiger partial charge on any atom is -0.480 e. The average molecular weight is 387 g/mol. The smallest absolute Gasteiger partial charge is 0.434 e. The fourth-order valence-corrected chi connectivity index (χ4v) is 2.47. The number of halogens is 4. The molecular weight excluding hydrogens is 370 g/mol. The van der Waals surface area contributed by atoms with E-state index >= 15 is 0 Å². The van der Waals surface area contributed by atoms with Gasteiger partial charge in [-0.25, -0.2) is 13.9 Å². The van der Waals surface area contributed by atoms with Gasteiger partial charge in [-0.1, -0.05) is 19.8 Å². The largest absolute Gasteiger partial charge is 0.480 e. The standard InChI is InChI=1S/C17H17F4N3O3/c1-2-3-4-13(16(26)27)23-15(25)12-9-22-24(14(12)17(19,20)21)11-7-5-10(18)6-8-11/h5-9,13H,2-4H2,1H3,(H,23,25)(H,26,27)/t13-/m0/s1. The van der Waals surface area contributed by atoms with Crippen LogP contribution in [0, 0.1) is 5.82 Å². The number of rotatable bonds is 7. The Bertz CT molecular complexity index is 816. The highest BCUT2D eigenvalue weighted by atomic mass is 19.4. The molecule has 2 rings (SSSR count). The van der Waals surface area contributed by atoms with Gasteiger partial charge in [0, 0.05) is 0 Å². The summed E-state index contributed by atoms with van der Waals surface area (Å²) < 4.78 is 54.1. The molecule has 0 unspecified atom stereocenters. The highest BCUT2D eigenvalue weighted by molar-refractivity contribution is 5.97. The highest BCUT2D eigenvalue weighted by Crippen LogP contribution is 2.33. The van der Waals surface area contributed by atoms with Crippen molar-refractivity contribution < 1.29 is 32.3 Å². The Morgan fingerprint density at radius 2 is 1.89 bits per heavy atom. The monoisotopic (exact) mass is 387 g/mol. The van der Waals surface area contributed by atoms with Gasteiger partial charge in [0.1, 0.15) is 11.9 Å². The molecule has 0 radical (unpaired) electrons. The third-order valence-electron chi connectivity index (χ3n) is 3.80. The Hall–Kier alpha value is -2.91. The number of carbonyl (C=O) groups is 2. The SMILES string of the molecule is CCCC[C@H](NC(=O)c1cnn(-c2ccc(F)cc2)c1C(F)(F)F)C(=O)O. The lowest BCUT2D eigenvalue weighted by atomic mass is 10.1. The molecule has 0 spiro atoms. The first-order valence-corrected chi connectivity index (χ1v) is 8.10. The van der Waals surface area contributed by atoms with E-state index in [0.717, 1.165) is 24.3 Å². The number of unbranched alkanes of at least 4 members (excludes halogenated alkanes) is 1. The molecule has 1 atom stereocenters. The summed E-state index contributed by atoms with van der Waals surface area (Å²) in [6.45, 7) is 1.81. The van der Waals surface area contributed by atoms with E-state index in [1.165, 1.54) is 0 Å². The van der Waals surface area contributed by atoms with Crippen LogP contribution in [0.1, 0.15) is 42.2 Å². The molecule has 2 N–H and O–H groups in total. The minimum absolute atomic E-state index is 0.0883. The summed E-state index contributed by atoms with van der Waals surface area (Å²) in [5.41, 5.74) is -2.27. The van der Waals surface area contributed by atoms with Crippen LogP contribution < -0.4 is 5.32 Å². The number of benzene rings is 1. The van der Waals surface area contributed by atoms with Crippen LogP contribution in [0.3, 0.4) is 0 Å². The van der Waals surface area contributed by atoms with Crippen LogP contribution in [0.4, 0.5) is 17.6 Å². The summed E-state index contributed by atoms with van der Waals surface area (Å²) >= 11 is 0. The van der Waals surface area contributed by atoms with E-state index < -0.39 is 41.2 Å². The molecule has 0 aliphatic rings. The second kappa shape index (κ2) is 8.19. The molecule has 27 heavy (non-hydrogen) atoms. The van der Waals surface area contributed by atoms with Crippen molar-refractivity contribution in [2.75, 3.05) is 0 Å². The van der Waals surface area contributed by atoms with Gasteiger partial charge in [-0.15, -0.1) is 0 Å². The first-order chi connectivity index (χ1) is 12.6. The molecule has 1 aromatic carbocycles. The Morgan fingerprint density at radius 3 is 2.41 bits per heavy atom. The second-order valence-electron chi connectivity index (χ2n) is 5.80. The molecule has 0 aliphatic heterocycles. The van der Waals surface area contributed by atoms with E-state index in [2.05, 4.69) is 10.4 Å². The van der Waals surface area contributed by atoms with E-state index in [-0.39, 0.29) is 12.1 Å². The van der Waals surface area contributed by atoms with Gasteiger partial charge in [0.15, 0.2) is 5.69 Å². The Labute approximate surface area is 151 Å². The van der Waals surface area contributed by atoms with Crippen molar-refractivity contribution in [1.29, 1.82) is 0 Å². The summed E-state index contributed by atoms with van der Waals surface area (Å²) in [6.07, 6.45) is -3.00. The lowest BCUT2D eigenvalue weighted by molar-refractivity contribution is -0.143. The molecule has 0 saturated heterocycles. The van der Waals surface area contributed by atoms with Gasteiger partial charge in [-0.2, -0.15) is 18.3 Å². The van der Waals surface area contributed by atoms with Gasteiger partial charge < -0.3 is 10.4 Å². The van der Waals surface area contributed by atoms with Gasteiger partial charge in [0.2, 0.25) is 0 Å². The fraction of sp³-hybridized carbons (Fsp3) is 0.353. The number of carbonyl (C=O) groups excluding carboxylic acids is 1. The number of hydrogen-bond acceptors (Lipinski definition) is 3. The lowest BCUT2D eigenvalue weighted by Gasteiger charge is -2.16. The van der Waals surface area contributed by atoms with E-state index in [1.54, 1.807) is 0 Å². The highest BCUT2D eigenvalue weighted by Gasteiger charge is 2.41. The molecule has 0 saturated carbocycles. The summed E-state index contributed by atoms with van der Waals surface area (Å²) in [7, 11) is 0. The Morgan fingerprint density at radius 1 is 1.26 bits per heavy atom. The number of nitrogens with one attached hydrogen (secondary N) is 1. The van der Waals surface area contributed by atoms with Crippen LogP contribution in [-0.2, 0) is 11.0 Å². The zero-order valence-corrected chi connectivity index (χ0v) is 14.3. The maximum Gasteiger partial charge on any atom is 0.434 e. The normalized spacial score (nSPS) is 12.6. The van der Waals surface area contributed by atoms with E-state index in [1.807, 2.05) is 6.92 Å². The predicted octanol–water partition coefficient (Wildman–Crippen LogP) is 3.40. The van der Waals surface area contributed by atoms with Crippen LogP contribution in [-0.4, -0.2) is 32.8 Å². The van der Waals surface area contributed by atoms with E-state index in [0.29, 0.717) is 23.7 Å². The number of alkyl halides is 3. The Kier molecular flexibility index (Phi) is 6.19. The van der Waals surface area contributed by atoms with Crippen LogP contribution >= 0.6 is 0 Å². The number of nitrogens with zero attached hydrogens (tertiary/aromatic N) is 2. The molecule has 0 aliphatic carbocycles. The summed E-state index contributed by atoms with van der Waals surface area (Å²) in [6, 6.07) is 2.78. The van der Waals surface area contributed by atoms with E-state index in [9.17, 15) is 27.2 Å². The van der Waals surface area contributed by atoms with Gasteiger partial charge in [-0.3, -0.25) is 4.79 Å². The molecule has 2 aromatic rings. The number of carboxylic acids is 1. The van der Waals surface area contributed by atoms with Crippen LogP contribution in [0.5, 0.6) is 0 Å². The molecular formula is C17H17F4N3O3. The third kappa shape index (κ3) is 4.83. The van der Waals surface area contributed by atoms with Gasteiger partial charge in [0.25, 0.3) is 5.91 Å². The first kappa shape index (κ1) is 20.4. The van der Waals surface area contributed by atoms with Crippen molar-refractivity contribution in [2.24, 2.45) is 0 Å². The zero-order chi connectivity index (χ0) is 20.2. The van der Waals surface area contributed by atoms with Crippen LogP contribution in [0.2, 0.25) is 0 Å². The maximum absolute atomic E-state index is 13.5. The van der Waals surface area contributed by atoms with Crippen molar-refractivity contribution in [1.82, 2.24) is 15.1 Å². The average Bonchev–Trinajstić information content (AvgIpc) is 3.04. The maximum atomic E-state index is 13.5. The quantitative estimate of drug-likeness (QED) is 0.714. The van der Waals surface area contributed by atoms with E-state index in [4.69, 9.17) is 5.11 Å². The number of aliphatic carboxylic acids is 1. The van der Waals surface area contributed by atoms with Crippen molar-refractivity contribution in [3.8, 4) is 5.69 Å². The Balaban J connectivity index is 2.40. The fourth-order valence-electron chi connectivity index (χ4n) is 2.47. The molecule has 0 bridgehead atoms. The number of amides is 1. The van der Waals surface area contributed by atoms with Crippen LogP contribution in [0.25, 0.3) is 5.69 Å². The molecule has 6 nitrogen and oxygen atoms in total. The van der Waals surface area contributed by atoms with Crippen molar-refractivity contribution in [3.63, 3.8) is 0 Å². The topological polar surface area (TPSA) is 84.2 Å². The summed E-state index contributed by atoms with van der Waals surface area (Å²) in [4.78, 5) is 23.5. The molecule has 1 aromatic heterocycles. The minimum atomic E-state index is -4.94. The van der Waals surface area contributed by atoms with Crippen molar-refractivity contribution >= 4 is 11.9 Å². The number of hydrogen-bond donors (Lipinski definition) is 2. The summed E-state index contributed by atoms with van der Waals surface area (Å²) in [5.74, 6) is -3.17. The zero-order valence-electron chi connectivity index (χ0n) is 14.3. The molecule has 1 heterocycles. The molecule has 0 fully saturated rings. The van der Waals surface area contributed by atoms with Gasteiger partial charge in [0.05, 0.1) is 17.4 Å². The molecule has 10 heteroatoms. The number of carboxylic acid groups (broad SMARTS) is 1. The van der Waals surface area contributed by atoms with Crippen LogP contribution in [0.15, 0.2) is 30.5 Å². The lowest BCUT2D eigenvalue weighted by Crippen LogP contribution is -2.41. The van der Waals surface area contributed by atoms with Crippen molar-refractivity contribution in [2.45, 2.75) is 38.4 Å². The first-order valence-electron chi connectivity index (χ1n) is 8.10. The predicted molar refractivity (Wildman–Crippen MR) is 86.9 cm³/mol. The second-order valence-corrected chi connectivity index (χ2v) is 5.80. The number of aromatic nitrogens is 2. The van der Waals surface area contributed by atoms with Gasteiger partial charge in [-0.05, 0) is 30.7 Å². The summed E-state index contributed by atoms with van der Waals surface area (Å²) in [5, 5.41) is 14.8. The third-order valence-corrected chi connectivity index (χ3v) is 3.80. The van der Waals surface area contributed by atoms with Gasteiger partial charge >= 0.3 is 12.1 Å². The molecule has 146 valence electrons.